The zero-order valence-corrected chi connectivity index (χ0v) is 13.4. The highest BCUT2D eigenvalue weighted by Gasteiger charge is 2.12. The van der Waals surface area contributed by atoms with Crippen LogP contribution in [0.5, 0.6) is 11.5 Å². The lowest BCUT2D eigenvalue weighted by Crippen LogP contribution is -2.12. The molecule has 0 bridgehead atoms. The summed E-state index contributed by atoms with van der Waals surface area (Å²) in [5.41, 5.74) is 9.47. The van der Waals surface area contributed by atoms with Crippen molar-refractivity contribution in [2.24, 2.45) is 5.73 Å². The van der Waals surface area contributed by atoms with Gasteiger partial charge in [0.1, 0.15) is 11.5 Å². The van der Waals surface area contributed by atoms with Crippen molar-refractivity contribution in [3.8, 4) is 11.5 Å². The Balaban J connectivity index is 2.35. The van der Waals surface area contributed by atoms with Gasteiger partial charge in [0, 0.05) is 0 Å². The van der Waals surface area contributed by atoms with Crippen LogP contribution in [-0.4, -0.2) is 14.2 Å². The fraction of sp³-hybridized carbons (Fsp3) is 0.250. The SMILES string of the molecule is COc1cc(C(N)c2ccc(OC)c(Br)c2)ccc1C. The van der Waals surface area contributed by atoms with E-state index in [2.05, 4.69) is 15.9 Å². The molecule has 0 aromatic heterocycles. The predicted molar refractivity (Wildman–Crippen MR) is 84.5 cm³/mol. The zero-order valence-electron chi connectivity index (χ0n) is 11.8. The van der Waals surface area contributed by atoms with Crippen LogP contribution >= 0.6 is 15.9 Å². The minimum absolute atomic E-state index is 0.202. The number of halogens is 1. The number of rotatable bonds is 4. The van der Waals surface area contributed by atoms with Gasteiger partial charge in [-0.15, -0.1) is 0 Å². The Bertz CT molecular complexity index is 613. The summed E-state index contributed by atoms with van der Waals surface area (Å²) < 4.78 is 11.5. The molecule has 0 aliphatic heterocycles. The maximum atomic E-state index is 6.33. The van der Waals surface area contributed by atoms with Crippen molar-refractivity contribution in [3.63, 3.8) is 0 Å². The summed E-state index contributed by atoms with van der Waals surface area (Å²) in [6.45, 7) is 2.01. The van der Waals surface area contributed by atoms with E-state index in [4.69, 9.17) is 15.2 Å². The number of hydrogen-bond acceptors (Lipinski definition) is 3. The third-order valence-corrected chi connectivity index (χ3v) is 3.95. The fourth-order valence-corrected chi connectivity index (χ4v) is 2.66. The molecule has 0 saturated heterocycles. The molecular formula is C16H18BrNO2. The van der Waals surface area contributed by atoms with E-state index in [9.17, 15) is 0 Å². The largest absolute Gasteiger partial charge is 0.496 e. The van der Waals surface area contributed by atoms with E-state index in [1.165, 1.54) is 0 Å². The molecule has 4 heteroatoms. The third-order valence-electron chi connectivity index (χ3n) is 3.33. The summed E-state index contributed by atoms with van der Waals surface area (Å²) in [6, 6.07) is 11.7. The second-order valence-electron chi connectivity index (χ2n) is 4.60. The lowest BCUT2D eigenvalue weighted by Gasteiger charge is -2.16. The summed E-state index contributed by atoms with van der Waals surface area (Å²) in [7, 11) is 3.31. The first-order chi connectivity index (χ1) is 9.56. The van der Waals surface area contributed by atoms with E-state index < -0.39 is 0 Å². The van der Waals surface area contributed by atoms with Crippen molar-refractivity contribution < 1.29 is 9.47 Å². The molecule has 0 aliphatic rings. The number of methoxy groups -OCH3 is 2. The number of aryl methyl sites for hydroxylation is 1. The summed E-state index contributed by atoms with van der Waals surface area (Å²) in [5.74, 6) is 1.65. The highest BCUT2D eigenvalue weighted by Crippen LogP contribution is 2.31. The lowest BCUT2D eigenvalue weighted by atomic mass is 9.98. The first kappa shape index (κ1) is 14.9. The van der Waals surface area contributed by atoms with Crippen LogP contribution in [0, 0.1) is 6.92 Å². The van der Waals surface area contributed by atoms with E-state index >= 15 is 0 Å². The average Bonchev–Trinajstić information content (AvgIpc) is 2.47. The van der Waals surface area contributed by atoms with Gasteiger partial charge in [-0.25, -0.2) is 0 Å². The fourth-order valence-electron chi connectivity index (χ4n) is 2.10. The van der Waals surface area contributed by atoms with E-state index in [1.807, 2.05) is 43.3 Å². The van der Waals surface area contributed by atoms with Gasteiger partial charge in [-0.05, 0) is 57.7 Å². The van der Waals surface area contributed by atoms with Crippen LogP contribution in [0.1, 0.15) is 22.7 Å². The van der Waals surface area contributed by atoms with E-state index in [-0.39, 0.29) is 6.04 Å². The first-order valence-corrected chi connectivity index (χ1v) is 7.09. The number of benzene rings is 2. The van der Waals surface area contributed by atoms with Crippen LogP contribution in [0.25, 0.3) is 0 Å². The summed E-state index contributed by atoms with van der Waals surface area (Å²) in [6.07, 6.45) is 0. The molecule has 0 aliphatic carbocycles. The minimum Gasteiger partial charge on any atom is -0.496 e. The number of hydrogen-bond donors (Lipinski definition) is 1. The molecule has 0 spiro atoms. The van der Waals surface area contributed by atoms with Crippen molar-refractivity contribution in [2.45, 2.75) is 13.0 Å². The summed E-state index contributed by atoms with van der Waals surface area (Å²) in [5, 5.41) is 0. The van der Waals surface area contributed by atoms with Gasteiger partial charge in [0.2, 0.25) is 0 Å². The van der Waals surface area contributed by atoms with Crippen molar-refractivity contribution in [3.05, 3.63) is 57.6 Å². The van der Waals surface area contributed by atoms with Crippen LogP contribution < -0.4 is 15.2 Å². The maximum absolute atomic E-state index is 6.33. The predicted octanol–water partition coefficient (Wildman–Crippen LogP) is 3.82. The Morgan fingerprint density at radius 3 is 2.15 bits per heavy atom. The highest BCUT2D eigenvalue weighted by molar-refractivity contribution is 9.10. The molecule has 2 rings (SSSR count). The van der Waals surface area contributed by atoms with Gasteiger partial charge in [-0.3, -0.25) is 0 Å². The molecule has 2 aromatic carbocycles. The van der Waals surface area contributed by atoms with Crippen LogP contribution in [0.3, 0.4) is 0 Å². The van der Waals surface area contributed by atoms with Crippen LogP contribution in [0.2, 0.25) is 0 Å². The molecular weight excluding hydrogens is 318 g/mol. The molecule has 3 nitrogen and oxygen atoms in total. The van der Waals surface area contributed by atoms with Gasteiger partial charge in [0.05, 0.1) is 24.7 Å². The monoisotopic (exact) mass is 335 g/mol. The van der Waals surface area contributed by atoms with Crippen molar-refractivity contribution in [2.75, 3.05) is 14.2 Å². The van der Waals surface area contributed by atoms with Gasteiger partial charge in [0.25, 0.3) is 0 Å². The van der Waals surface area contributed by atoms with Gasteiger partial charge < -0.3 is 15.2 Å². The van der Waals surface area contributed by atoms with E-state index in [0.717, 1.165) is 32.7 Å². The van der Waals surface area contributed by atoms with Crippen molar-refractivity contribution in [1.82, 2.24) is 0 Å². The van der Waals surface area contributed by atoms with Gasteiger partial charge in [-0.2, -0.15) is 0 Å². The topological polar surface area (TPSA) is 44.5 Å². The zero-order chi connectivity index (χ0) is 14.7. The van der Waals surface area contributed by atoms with Gasteiger partial charge >= 0.3 is 0 Å². The highest BCUT2D eigenvalue weighted by atomic mass is 79.9. The van der Waals surface area contributed by atoms with E-state index in [0.29, 0.717) is 0 Å². The summed E-state index contributed by atoms with van der Waals surface area (Å²) >= 11 is 3.48. The van der Waals surface area contributed by atoms with Crippen LogP contribution in [0.15, 0.2) is 40.9 Å². The molecule has 0 radical (unpaired) electrons. The molecule has 1 atom stereocenters. The standard InChI is InChI=1S/C16H18BrNO2/c1-10-4-5-12(9-15(10)20-3)16(18)11-6-7-14(19-2)13(17)8-11/h4-9,16H,18H2,1-3H3. The van der Waals surface area contributed by atoms with Gasteiger partial charge in [0.15, 0.2) is 0 Å². The average molecular weight is 336 g/mol. The Labute approximate surface area is 127 Å². The summed E-state index contributed by atoms with van der Waals surface area (Å²) in [4.78, 5) is 0. The minimum atomic E-state index is -0.202. The molecule has 0 heterocycles. The van der Waals surface area contributed by atoms with Crippen molar-refractivity contribution >= 4 is 15.9 Å². The molecule has 0 saturated carbocycles. The first-order valence-electron chi connectivity index (χ1n) is 6.30. The second kappa shape index (κ2) is 6.29. The number of nitrogens with two attached hydrogens (primary N) is 1. The lowest BCUT2D eigenvalue weighted by molar-refractivity contribution is 0.410. The molecule has 106 valence electrons. The molecule has 0 amide bonds. The van der Waals surface area contributed by atoms with Crippen LogP contribution in [0.4, 0.5) is 0 Å². The Kier molecular flexibility index (Phi) is 4.68. The number of ether oxygens (including phenoxy) is 2. The Morgan fingerprint density at radius 1 is 0.950 bits per heavy atom. The molecule has 1 unspecified atom stereocenters. The Morgan fingerprint density at radius 2 is 1.55 bits per heavy atom. The molecule has 2 aromatic rings. The van der Waals surface area contributed by atoms with Gasteiger partial charge in [-0.1, -0.05) is 18.2 Å². The maximum Gasteiger partial charge on any atom is 0.133 e. The third kappa shape index (κ3) is 2.97. The molecule has 2 N–H and O–H groups in total. The van der Waals surface area contributed by atoms with E-state index in [1.54, 1.807) is 14.2 Å². The molecule has 20 heavy (non-hydrogen) atoms. The second-order valence-corrected chi connectivity index (χ2v) is 5.46. The quantitative estimate of drug-likeness (QED) is 0.923. The van der Waals surface area contributed by atoms with Crippen LogP contribution in [-0.2, 0) is 0 Å². The Hall–Kier alpha value is -1.52. The smallest absolute Gasteiger partial charge is 0.133 e. The molecule has 0 fully saturated rings. The van der Waals surface area contributed by atoms with Crippen molar-refractivity contribution in [1.29, 1.82) is 0 Å². The normalized spacial score (nSPS) is 12.1.